The fourth-order valence-electron chi connectivity index (χ4n) is 2.69. The number of halogens is 2. The van der Waals surface area contributed by atoms with Crippen molar-refractivity contribution in [2.75, 3.05) is 19.6 Å². The number of hydrogen-bond acceptors (Lipinski definition) is 3. The number of aliphatic hydroxyl groups is 1. The van der Waals surface area contributed by atoms with Crippen molar-refractivity contribution in [1.82, 2.24) is 10.2 Å². The Kier molecular flexibility index (Phi) is 2.79. The zero-order valence-electron chi connectivity index (χ0n) is 10.2. The molecule has 0 bridgehead atoms. The molecular weight excluding hydrogens is 254 g/mol. The van der Waals surface area contributed by atoms with Gasteiger partial charge in [0, 0.05) is 25.7 Å². The molecule has 1 aromatic carbocycles. The Labute approximate surface area is 109 Å². The molecule has 6 heteroatoms. The minimum atomic E-state index is -1.51. The average Bonchev–Trinajstić information content (AvgIpc) is 2.23. The van der Waals surface area contributed by atoms with Crippen LogP contribution in [-0.4, -0.2) is 41.1 Å². The second-order valence-corrected chi connectivity index (χ2v) is 5.17. The van der Waals surface area contributed by atoms with E-state index in [0.29, 0.717) is 25.7 Å². The first-order valence-electron chi connectivity index (χ1n) is 6.18. The molecule has 0 radical (unpaired) electrons. The van der Waals surface area contributed by atoms with Crippen LogP contribution in [0, 0.1) is 11.6 Å². The smallest absolute Gasteiger partial charge is 0.256 e. The first-order valence-corrected chi connectivity index (χ1v) is 6.18. The summed E-state index contributed by atoms with van der Waals surface area (Å²) in [7, 11) is 0. The molecule has 1 amide bonds. The summed E-state index contributed by atoms with van der Waals surface area (Å²) in [4.78, 5) is 13.8. The number of carbonyl (C=O) groups is 1. The highest BCUT2D eigenvalue weighted by molar-refractivity contribution is 5.84. The number of rotatable bonds is 2. The number of aliphatic hydroxyl groups excluding tert-OH is 1. The molecule has 3 rings (SSSR count). The van der Waals surface area contributed by atoms with Gasteiger partial charge in [-0.3, -0.25) is 4.79 Å². The van der Waals surface area contributed by atoms with Crippen molar-refractivity contribution in [3.63, 3.8) is 0 Å². The second kappa shape index (κ2) is 4.25. The molecule has 2 heterocycles. The van der Waals surface area contributed by atoms with Crippen molar-refractivity contribution < 1.29 is 18.7 Å². The van der Waals surface area contributed by atoms with E-state index in [0.717, 1.165) is 18.6 Å². The molecule has 2 fully saturated rings. The Bertz CT molecular complexity index is 506. The van der Waals surface area contributed by atoms with Gasteiger partial charge in [-0.25, -0.2) is 8.78 Å². The molecule has 4 nitrogen and oxygen atoms in total. The van der Waals surface area contributed by atoms with Gasteiger partial charge in [0.15, 0.2) is 6.10 Å². The van der Waals surface area contributed by atoms with E-state index in [4.69, 9.17) is 0 Å². The number of carbonyl (C=O) groups excluding carboxylic acids is 1. The Morgan fingerprint density at radius 3 is 2.37 bits per heavy atom. The maximum absolute atomic E-state index is 13.1. The van der Waals surface area contributed by atoms with Crippen LogP contribution in [-0.2, 0) is 4.79 Å². The van der Waals surface area contributed by atoms with Gasteiger partial charge in [0.05, 0.1) is 5.54 Å². The van der Waals surface area contributed by atoms with Crippen molar-refractivity contribution in [1.29, 1.82) is 0 Å². The van der Waals surface area contributed by atoms with Gasteiger partial charge >= 0.3 is 0 Å². The highest BCUT2D eigenvalue weighted by Gasteiger charge is 2.52. The summed E-state index contributed by atoms with van der Waals surface area (Å²) in [5, 5.41) is 13.1. The molecule has 0 aromatic heterocycles. The van der Waals surface area contributed by atoms with Gasteiger partial charge in [0.1, 0.15) is 11.6 Å². The minimum Gasteiger partial charge on any atom is -0.378 e. The molecule has 1 aromatic rings. The van der Waals surface area contributed by atoms with Crippen molar-refractivity contribution in [3.8, 4) is 0 Å². The molecule has 0 aliphatic carbocycles. The van der Waals surface area contributed by atoms with Crippen LogP contribution in [0.25, 0.3) is 0 Å². The second-order valence-electron chi connectivity index (χ2n) is 5.17. The van der Waals surface area contributed by atoms with E-state index in [-0.39, 0.29) is 11.1 Å². The zero-order valence-corrected chi connectivity index (χ0v) is 10.2. The topological polar surface area (TPSA) is 52.6 Å². The largest absolute Gasteiger partial charge is 0.378 e. The molecule has 1 atom stereocenters. The summed E-state index contributed by atoms with van der Waals surface area (Å²) >= 11 is 0. The average molecular weight is 268 g/mol. The fourth-order valence-corrected chi connectivity index (χ4v) is 2.69. The van der Waals surface area contributed by atoms with Crippen LogP contribution < -0.4 is 5.32 Å². The summed E-state index contributed by atoms with van der Waals surface area (Å²) in [6.07, 6.45) is -0.612. The molecule has 1 spiro atoms. The van der Waals surface area contributed by atoms with E-state index in [1.54, 1.807) is 4.90 Å². The third-order valence-corrected chi connectivity index (χ3v) is 3.98. The lowest BCUT2D eigenvalue weighted by atomic mass is 9.78. The normalized spacial score (nSPS) is 21.7. The lowest BCUT2D eigenvalue weighted by Gasteiger charge is -2.59. The van der Waals surface area contributed by atoms with E-state index in [2.05, 4.69) is 5.32 Å². The standard InChI is InChI=1S/C13H14F2N2O2/c14-9-3-8(4-10(15)5-9)11(18)12(19)17-2-1-13(17)6-16-7-13/h3-5,11,16,18H,1-2,6-7H2. The number of hydrogen-bond donors (Lipinski definition) is 2. The summed E-state index contributed by atoms with van der Waals surface area (Å²) in [6.45, 7) is 2.00. The van der Waals surface area contributed by atoms with E-state index >= 15 is 0 Å². The number of nitrogens with one attached hydrogen (secondary N) is 1. The fraction of sp³-hybridized carbons (Fsp3) is 0.462. The molecule has 102 valence electrons. The third kappa shape index (κ3) is 1.91. The SMILES string of the molecule is O=C(C(O)c1cc(F)cc(F)c1)N1CCC12CNC2. The van der Waals surface area contributed by atoms with Crippen molar-refractivity contribution in [2.24, 2.45) is 0 Å². The van der Waals surface area contributed by atoms with Crippen LogP contribution in [0.4, 0.5) is 8.78 Å². The quantitative estimate of drug-likeness (QED) is 0.824. The molecule has 2 aliphatic heterocycles. The highest BCUT2D eigenvalue weighted by Crippen LogP contribution is 2.36. The monoisotopic (exact) mass is 268 g/mol. The predicted molar refractivity (Wildman–Crippen MR) is 63.2 cm³/mol. The molecular formula is C13H14F2N2O2. The van der Waals surface area contributed by atoms with Gasteiger partial charge in [-0.1, -0.05) is 0 Å². The molecule has 0 saturated carbocycles. The Morgan fingerprint density at radius 2 is 1.95 bits per heavy atom. The van der Waals surface area contributed by atoms with Crippen LogP contribution >= 0.6 is 0 Å². The first-order chi connectivity index (χ1) is 9.02. The highest BCUT2D eigenvalue weighted by atomic mass is 19.1. The Balaban J connectivity index is 1.79. The Morgan fingerprint density at radius 1 is 1.32 bits per heavy atom. The Hall–Kier alpha value is -1.53. The molecule has 19 heavy (non-hydrogen) atoms. The third-order valence-electron chi connectivity index (χ3n) is 3.98. The number of benzene rings is 1. The van der Waals surface area contributed by atoms with Gasteiger partial charge in [0.2, 0.25) is 0 Å². The van der Waals surface area contributed by atoms with Crippen LogP contribution in [0.2, 0.25) is 0 Å². The zero-order chi connectivity index (χ0) is 13.6. The van der Waals surface area contributed by atoms with Gasteiger partial charge in [-0.2, -0.15) is 0 Å². The number of likely N-dealkylation sites (tertiary alicyclic amines) is 1. The number of nitrogens with zero attached hydrogens (tertiary/aromatic N) is 1. The predicted octanol–water partition coefficient (Wildman–Crippen LogP) is 0.573. The lowest BCUT2D eigenvalue weighted by Crippen LogP contribution is -2.77. The lowest BCUT2D eigenvalue weighted by molar-refractivity contribution is -0.161. The maximum atomic E-state index is 13.1. The minimum absolute atomic E-state index is 0.0446. The number of amides is 1. The van der Waals surface area contributed by atoms with Gasteiger partial charge in [-0.05, 0) is 24.1 Å². The first kappa shape index (κ1) is 12.5. The van der Waals surface area contributed by atoms with E-state index in [1.807, 2.05) is 0 Å². The summed E-state index contributed by atoms with van der Waals surface area (Å²) in [6, 6.07) is 2.68. The van der Waals surface area contributed by atoms with Crippen LogP contribution in [0.3, 0.4) is 0 Å². The van der Waals surface area contributed by atoms with Crippen LogP contribution in [0.5, 0.6) is 0 Å². The van der Waals surface area contributed by atoms with E-state index in [9.17, 15) is 18.7 Å². The van der Waals surface area contributed by atoms with Gasteiger partial charge in [-0.15, -0.1) is 0 Å². The van der Waals surface area contributed by atoms with Gasteiger partial charge < -0.3 is 15.3 Å². The van der Waals surface area contributed by atoms with Crippen LogP contribution in [0.15, 0.2) is 18.2 Å². The van der Waals surface area contributed by atoms with Crippen molar-refractivity contribution in [2.45, 2.75) is 18.1 Å². The van der Waals surface area contributed by atoms with Crippen molar-refractivity contribution in [3.05, 3.63) is 35.4 Å². The molecule has 2 saturated heterocycles. The maximum Gasteiger partial charge on any atom is 0.256 e. The molecule has 2 aliphatic rings. The van der Waals surface area contributed by atoms with E-state index in [1.165, 1.54) is 0 Å². The summed E-state index contributed by atoms with van der Waals surface area (Å²) < 4.78 is 26.2. The van der Waals surface area contributed by atoms with Crippen molar-refractivity contribution >= 4 is 5.91 Å². The molecule has 1 unspecified atom stereocenters. The summed E-state index contributed by atoms with van der Waals surface area (Å²) in [5.41, 5.74) is -0.235. The summed E-state index contributed by atoms with van der Waals surface area (Å²) in [5.74, 6) is -2.09. The van der Waals surface area contributed by atoms with Gasteiger partial charge in [0.25, 0.3) is 5.91 Å². The molecule has 2 N–H and O–H groups in total. The van der Waals surface area contributed by atoms with E-state index < -0.39 is 23.6 Å². The van der Waals surface area contributed by atoms with Crippen LogP contribution in [0.1, 0.15) is 18.1 Å².